The Morgan fingerprint density at radius 2 is 2.22 bits per heavy atom. The highest BCUT2D eigenvalue weighted by Gasteiger charge is 2.09. The first-order chi connectivity index (χ1) is 8.74. The van der Waals surface area contributed by atoms with E-state index in [2.05, 4.69) is 20.1 Å². The molecule has 0 atom stereocenters. The second-order valence-corrected chi connectivity index (χ2v) is 3.96. The first kappa shape index (κ1) is 10.9. The van der Waals surface area contributed by atoms with E-state index in [4.69, 9.17) is 16.3 Å². The molecule has 6 nitrogen and oxygen atoms in total. The van der Waals surface area contributed by atoms with Gasteiger partial charge in [0.05, 0.1) is 0 Å². The zero-order chi connectivity index (χ0) is 12.5. The van der Waals surface area contributed by atoms with Crippen LogP contribution in [0.25, 0.3) is 5.78 Å². The van der Waals surface area contributed by atoms with Crippen LogP contribution in [-0.2, 0) is 0 Å². The van der Waals surface area contributed by atoms with Gasteiger partial charge in [0.2, 0.25) is 5.88 Å². The third kappa shape index (κ3) is 1.86. The molecule has 3 aromatic heterocycles. The van der Waals surface area contributed by atoms with Crippen LogP contribution in [0, 0.1) is 6.92 Å². The lowest BCUT2D eigenvalue weighted by Crippen LogP contribution is -1.99. The molecular formula is C11H8ClN5O. The largest absolute Gasteiger partial charge is 0.436 e. The number of pyridine rings is 1. The maximum atomic E-state index is 5.94. The Balaban J connectivity index is 2.10. The monoisotopic (exact) mass is 261 g/mol. The average molecular weight is 262 g/mol. The van der Waals surface area contributed by atoms with Gasteiger partial charge in [-0.15, -0.1) is 0 Å². The molecule has 0 bridgehead atoms. The molecule has 0 radical (unpaired) electrons. The molecule has 0 saturated heterocycles. The van der Waals surface area contributed by atoms with Crippen molar-refractivity contribution in [3.05, 3.63) is 41.6 Å². The molecule has 18 heavy (non-hydrogen) atoms. The molecule has 0 spiro atoms. The number of fused-ring (bicyclic) bond motifs is 1. The predicted octanol–water partition coefficient (Wildman–Crippen LogP) is 2.27. The molecule has 0 unspecified atom stereocenters. The number of halogens is 1. The first-order valence-electron chi connectivity index (χ1n) is 5.20. The van der Waals surface area contributed by atoms with Gasteiger partial charge >= 0.3 is 0 Å². The van der Waals surface area contributed by atoms with Crippen LogP contribution in [0.5, 0.6) is 11.6 Å². The quantitative estimate of drug-likeness (QED) is 0.662. The van der Waals surface area contributed by atoms with Gasteiger partial charge < -0.3 is 4.74 Å². The smallest absolute Gasteiger partial charge is 0.255 e. The molecule has 3 rings (SSSR count). The molecule has 0 aromatic carbocycles. The van der Waals surface area contributed by atoms with E-state index in [-0.39, 0.29) is 0 Å². The van der Waals surface area contributed by atoms with Crippen molar-refractivity contribution in [2.75, 3.05) is 0 Å². The van der Waals surface area contributed by atoms with Crippen molar-refractivity contribution in [3.63, 3.8) is 0 Å². The Hall–Kier alpha value is -2.21. The maximum Gasteiger partial charge on any atom is 0.255 e. The number of aromatic nitrogens is 5. The second-order valence-electron chi connectivity index (χ2n) is 3.60. The van der Waals surface area contributed by atoms with Crippen molar-refractivity contribution in [2.24, 2.45) is 0 Å². The molecular weight excluding hydrogens is 254 g/mol. The minimum Gasteiger partial charge on any atom is -0.436 e. The van der Waals surface area contributed by atoms with E-state index in [0.29, 0.717) is 22.6 Å². The van der Waals surface area contributed by atoms with E-state index >= 15 is 0 Å². The molecule has 0 aliphatic rings. The zero-order valence-electron chi connectivity index (χ0n) is 9.41. The summed E-state index contributed by atoms with van der Waals surface area (Å²) in [6, 6.07) is 5.23. The predicted molar refractivity (Wildman–Crippen MR) is 64.8 cm³/mol. The lowest BCUT2D eigenvalue weighted by Gasteiger charge is -2.08. The number of nitrogens with zero attached hydrogens (tertiary/aromatic N) is 5. The minimum absolute atomic E-state index is 0.292. The number of rotatable bonds is 2. The highest BCUT2D eigenvalue weighted by atomic mass is 35.5. The van der Waals surface area contributed by atoms with Crippen molar-refractivity contribution in [1.29, 1.82) is 0 Å². The highest BCUT2D eigenvalue weighted by Crippen LogP contribution is 2.27. The molecule has 0 saturated carbocycles. The molecule has 0 N–H and O–H groups in total. The first-order valence-corrected chi connectivity index (χ1v) is 5.57. The lowest BCUT2D eigenvalue weighted by atomic mass is 10.4. The molecule has 0 amide bonds. The Labute approximate surface area is 107 Å². The molecule has 90 valence electrons. The van der Waals surface area contributed by atoms with Gasteiger partial charge in [-0.1, -0.05) is 11.6 Å². The molecule has 7 heteroatoms. The fourth-order valence-electron chi connectivity index (χ4n) is 1.53. The molecule has 0 aliphatic heterocycles. The Morgan fingerprint density at radius 1 is 1.33 bits per heavy atom. The molecule has 0 aliphatic carbocycles. The van der Waals surface area contributed by atoms with Gasteiger partial charge in [0.15, 0.2) is 10.9 Å². The Bertz CT molecular complexity index is 711. The summed E-state index contributed by atoms with van der Waals surface area (Å²) in [6.45, 7) is 1.85. The number of aryl methyl sites for hydroxylation is 1. The van der Waals surface area contributed by atoms with Crippen molar-refractivity contribution >= 4 is 17.4 Å². The fraction of sp³-hybridized carbons (Fsp3) is 0.0909. The topological polar surface area (TPSA) is 65.2 Å². The summed E-state index contributed by atoms with van der Waals surface area (Å²) in [4.78, 5) is 12.2. The van der Waals surface area contributed by atoms with Crippen LogP contribution in [0.2, 0.25) is 5.15 Å². The molecule has 0 fully saturated rings. The van der Waals surface area contributed by atoms with E-state index in [1.54, 1.807) is 24.4 Å². The van der Waals surface area contributed by atoms with Gasteiger partial charge in [0.25, 0.3) is 5.78 Å². The molecule has 3 heterocycles. The van der Waals surface area contributed by atoms with Gasteiger partial charge in [-0.05, 0) is 19.1 Å². The van der Waals surface area contributed by atoms with Gasteiger partial charge in [0, 0.05) is 18.0 Å². The third-order valence-electron chi connectivity index (χ3n) is 2.29. The van der Waals surface area contributed by atoms with Gasteiger partial charge in [-0.25, -0.2) is 9.97 Å². The lowest BCUT2D eigenvalue weighted by molar-refractivity contribution is 0.443. The van der Waals surface area contributed by atoms with Crippen LogP contribution in [0.1, 0.15) is 5.69 Å². The number of hydrogen-bond acceptors (Lipinski definition) is 5. The average Bonchev–Trinajstić information content (AvgIpc) is 2.80. The SMILES string of the molecule is Cc1cc(Oc2cccnc2Cl)n2ncnc2n1. The zero-order valence-corrected chi connectivity index (χ0v) is 10.2. The van der Waals surface area contributed by atoms with Gasteiger partial charge in [0.1, 0.15) is 6.33 Å². The van der Waals surface area contributed by atoms with Crippen LogP contribution in [0.15, 0.2) is 30.7 Å². The summed E-state index contributed by atoms with van der Waals surface area (Å²) in [5.74, 6) is 1.43. The van der Waals surface area contributed by atoms with Crippen molar-refractivity contribution in [3.8, 4) is 11.6 Å². The minimum atomic E-state index is 0.292. The Kier molecular flexibility index (Phi) is 2.56. The van der Waals surface area contributed by atoms with E-state index in [1.807, 2.05) is 6.92 Å². The maximum absolute atomic E-state index is 5.94. The summed E-state index contributed by atoms with van der Waals surface area (Å²) in [5, 5.41) is 4.33. The van der Waals surface area contributed by atoms with Crippen LogP contribution >= 0.6 is 11.6 Å². The van der Waals surface area contributed by atoms with Gasteiger partial charge in [-0.2, -0.15) is 14.6 Å². The normalized spacial score (nSPS) is 10.8. The molecule has 3 aromatic rings. The van der Waals surface area contributed by atoms with Crippen molar-refractivity contribution in [2.45, 2.75) is 6.92 Å². The van der Waals surface area contributed by atoms with Crippen LogP contribution in [-0.4, -0.2) is 24.6 Å². The van der Waals surface area contributed by atoms with Gasteiger partial charge in [-0.3, -0.25) is 0 Å². The summed E-state index contributed by atoms with van der Waals surface area (Å²) in [6.07, 6.45) is 3.01. The van der Waals surface area contributed by atoms with E-state index in [1.165, 1.54) is 10.8 Å². The van der Waals surface area contributed by atoms with Crippen LogP contribution in [0.4, 0.5) is 0 Å². The van der Waals surface area contributed by atoms with E-state index in [0.717, 1.165) is 5.69 Å². The van der Waals surface area contributed by atoms with E-state index in [9.17, 15) is 0 Å². The summed E-state index contributed by atoms with van der Waals surface area (Å²) < 4.78 is 7.18. The van der Waals surface area contributed by atoms with Crippen LogP contribution in [0.3, 0.4) is 0 Å². The number of hydrogen-bond donors (Lipinski definition) is 0. The standard InChI is InChI=1S/C11H8ClN5O/c1-7-5-9(17-11(16-7)14-6-15-17)18-8-3-2-4-13-10(8)12/h2-6H,1H3. The van der Waals surface area contributed by atoms with Crippen molar-refractivity contribution < 1.29 is 4.74 Å². The van der Waals surface area contributed by atoms with Crippen molar-refractivity contribution in [1.82, 2.24) is 24.6 Å². The number of ether oxygens (including phenoxy) is 1. The Morgan fingerprint density at radius 3 is 3.06 bits per heavy atom. The van der Waals surface area contributed by atoms with E-state index < -0.39 is 0 Å². The highest BCUT2D eigenvalue weighted by molar-refractivity contribution is 6.30. The summed E-state index contributed by atoms with van der Waals surface area (Å²) >= 11 is 5.94. The summed E-state index contributed by atoms with van der Waals surface area (Å²) in [7, 11) is 0. The second kappa shape index (κ2) is 4.23. The summed E-state index contributed by atoms with van der Waals surface area (Å²) in [5.41, 5.74) is 0.783. The third-order valence-corrected chi connectivity index (χ3v) is 2.57. The van der Waals surface area contributed by atoms with Crippen LogP contribution < -0.4 is 4.74 Å². The fourth-order valence-corrected chi connectivity index (χ4v) is 1.69.